The molecule has 1 fully saturated rings. The van der Waals surface area contributed by atoms with Gasteiger partial charge in [-0.05, 0) is 53.1 Å². The Bertz CT molecular complexity index is 1120. The van der Waals surface area contributed by atoms with Crippen LogP contribution in [-0.2, 0) is 9.59 Å². The van der Waals surface area contributed by atoms with Gasteiger partial charge < -0.3 is 10.6 Å². The van der Waals surface area contributed by atoms with Gasteiger partial charge in [-0.25, -0.2) is 4.39 Å². The Morgan fingerprint density at radius 3 is 2.42 bits per heavy atom. The summed E-state index contributed by atoms with van der Waals surface area (Å²) in [5, 5.41) is 6.81. The second-order valence-corrected chi connectivity index (χ2v) is 8.35. The SMILES string of the molecule is O=CNc1cc(Cl)ccc1[C@H]1[C@@H](c2ccc(Cl)cc2)CC(=O)N[C@H]1c1cccc(F)c1. The lowest BCUT2D eigenvalue weighted by Crippen LogP contribution is -2.41. The zero-order valence-corrected chi connectivity index (χ0v) is 17.8. The van der Waals surface area contributed by atoms with Crippen LogP contribution in [-0.4, -0.2) is 12.3 Å². The number of carbonyl (C=O) groups excluding carboxylic acids is 2. The highest BCUT2D eigenvalue weighted by Gasteiger charge is 2.40. The molecule has 1 saturated heterocycles. The minimum Gasteiger partial charge on any atom is -0.349 e. The summed E-state index contributed by atoms with van der Waals surface area (Å²) in [6.07, 6.45) is 0.826. The monoisotopic (exact) mass is 456 g/mol. The van der Waals surface area contributed by atoms with E-state index in [-0.39, 0.29) is 30.0 Å². The first-order valence-corrected chi connectivity index (χ1v) is 10.5. The van der Waals surface area contributed by atoms with E-state index in [9.17, 15) is 14.0 Å². The number of amides is 2. The van der Waals surface area contributed by atoms with E-state index in [2.05, 4.69) is 10.6 Å². The normalized spacial score (nSPS) is 20.7. The molecule has 3 aromatic carbocycles. The van der Waals surface area contributed by atoms with Crippen molar-refractivity contribution in [3.8, 4) is 0 Å². The molecule has 0 aliphatic carbocycles. The van der Waals surface area contributed by atoms with E-state index in [1.54, 1.807) is 36.4 Å². The van der Waals surface area contributed by atoms with E-state index in [1.807, 2.05) is 18.2 Å². The molecule has 1 heterocycles. The number of piperidine rings is 1. The Morgan fingerprint density at radius 1 is 0.968 bits per heavy atom. The molecule has 2 N–H and O–H groups in total. The van der Waals surface area contributed by atoms with Crippen molar-refractivity contribution in [1.82, 2.24) is 5.32 Å². The van der Waals surface area contributed by atoms with Gasteiger partial charge in [0, 0.05) is 34.0 Å². The summed E-state index contributed by atoms with van der Waals surface area (Å²) in [5.41, 5.74) is 2.91. The molecule has 2 amide bonds. The van der Waals surface area contributed by atoms with E-state index in [4.69, 9.17) is 23.2 Å². The summed E-state index contributed by atoms with van der Waals surface area (Å²) in [6.45, 7) is 0. The summed E-state index contributed by atoms with van der Waals surface area (Å²) < 4.78 is 14.1. The fourth-order valence-electron chi connectivity index (χ4n) is 4.31. The first-order chi connectivity index (χ1) is 15.0. The molecule has 158 valence electrons. The van der Waals surface area contributed by atoms with Gasteiger partial charge >= 0.3 is 0 Å². The third kappa shape index (κ3) is 4.58. The molecule has 0 aromatic heterocycles. The fourth-order valence-corrected chi connectivity index (χ4v) is 4.61. The number of anilines is 1. The molecule has 0 radical (unpaired) electrons. The van der Waals surface area contributed by atoms with Gasteiger partial charge in [0.1, 0.15) is 5.82 Å². The third-order valence-electron chi connectivity index (χ3n) is 5.61. The highest BCUT2D eigenvalue weighted by molar-refractivity contribution is 6.31. The van der Waals surface area contributed by atoms with Crippen LogP contribution in [0.25, 0.3) is 0 Å². The molecule has 4 nitrogen and oxygen atoms in total. The molecule has 3 aromatic rings. The van der Waals surface area contributed by atoms with Crippen molar-refractivity contribution in [2.75, 3.05) is 5.32 Å². The molecule has 0 bridgehead atoms. The van der Waals surface area contributed by atoms with Gasteiger partial charge in [0.25, 0.3) is 0 Å². The smallest absolute Gasteiger partial charge is 0.221 e. The Hall–Kier alpha value is -2.89. The number of halogens is 3. The van der Waals surface area contributed by atoms with Crippen LogP contribution in [0.4, 0.5) is 10.1 Å². The lowest BCUT2D eigenvalue weighted by Gasteiger charge is -2.40. The Kier molecular flexibility index (Phi) is 6.25. The van der Waals surface area contributed by atoms with Gasteiger partial charge in [0.05, 0.1) is 6.04 Å². The van der Waals surface area contributed by atoms with Gasteiger partial charge in [0.2, 0.25) is 12.3 Å². The van der Waals surface area contributed by atoms with E-state index in [0.717, 1.165) is 11.1 Å². The van der Waals surface area contributed by atoms with Gasteiger partial charge in [-0.15, -0.1) is 0 Å². The topological polar surface area (TPSA) is 58.2 Å². The second kappa shape index (κ2) is 9.08. The molecule has 3 atom stereocenters. The molecule has 7 heteroatoms. The van der Waals surface area contributed by atoms with E-state index in [1.165, 1.54) is 12.1 Å². The van der Waals surface area contributed by atoms with Crippen molar-refractivity contribution in [2.24, 2.45) is 0 Å². The Morgan fingerprint density at radius 2 is 1.71 bits per heavy atom. The lowest BCUT2D eigenvalue weighted by molar-refractivity contribution is -0.124. The molecule has 1 aliphatic heterocycles. The van der Waals surface area contributed by atoms with Gasteiger partial charge in [0.15, 0.2) is 0 Å². The number of hydrogen-bond acceptors (Lipinski definition) is 2. The molecular formula is C24H19Cl2FN2O2. The van der Waals surface area contributed by atoms with Crippen molar-refractivity contribution in [3.63, 3.8) is 0 Å². The third-order valence-corrected chi connectivity index (χ3v) is 6.10. The zero-order chi connectivity index (χ0) is 22.0. The van der Waals surface area contributed by atoms with Crippen LogP contribution >= 0.6 is 23.2 Å². The zero-order valence-electron chi connectivity index (χ0n) is 16.3. The average Bonchev–Trinajstić information content (AvgIpc) is 2.74. The average molecular weight is 457 g/mol. The van der Waals surface area contributed by atoms with Gasteiger partial charge in [-0.2, -0.15) is 0 Å². The Labute approximate surface area is 189 Å². The molecular weight excluding hydrogens is 438 g/mol. The van der Waals surface area contributed by atoms with E-state index >= 15 is 0 Å². The minimum atomic E-state index is -0.508. The predicted octanol–water partition coefficient (Wildman–Crippen LogP) is 5.83. The van der Waals surface area contributed by atoms with E-state index < -0.39 is 6.04 Å². The molecule has 31 heavy (non-hydrogen) atoms. The highest BCUT2D eigenvalue weighted by Crippen LogP contribution is 2.49. The number of rotatable bonds is 5. The summed E-state index contributed by atoms with van der Waals surface area (Å²) in [4.78, 5) is 24.0. The molecule has 0 saturated carbocycles. The molecule has 1 aliphatic rings. The van der Waals surface area contributed by atoms with Crippen molar-refractivity contribution >= 4 is 41.2 Å². The number of hydrogen-bond donors (Lipinski definition) is 2. The lowest BCUT2D eigenvalue weighted by atomic mass is 9.70. The summed E-state index contributed by atoms with van der Waals surface area (Å²) in [6, 6.07) is 18.3. The van der Waals surface area contributed by atoms with Crippen molar-refractivity contribution in [3.05, 3.63) is 99.3 Å². The van der Waals surface area contributed by atoms with Crippen LogP contribution in [0.5, 0.6) is 0 Å². The van der Waals surface area contributed by atoms with Crippen LogP contribution < -0.4 is 10.6 Å². The summed E-state index contributed by atoms with van der Waals surface area (Å²) in [7, 11) is 0. The maximum Gasteiger partial charge on any atom is 0.221 e. The minimum absolute atomic E-state index is 0.135. The molecule has 0 unspecified atom stereocenters. The van der Waals surface area contributed by atoms with Crippen LogP contribution in [0.2, 0.25) is 10.0 Å². The van der Waals surface area contributed by atoms with Gasteiger partial charge in [-0.1, -0.05) is 53.5 Å². The van der Waals surface area contributed by atoms with E-state index in [0.29, 0.717) is 27.7 Å². The van der Waals surface area contributed by atoms with Crippen molar-refractivity contribution < 1.29 is 14.0 Å². The second-order valence-electron chi connectivity index (χ2n) is 7.48. The largest absolute Gasteiger partial charge is 0.349 e. The number of nitrogens with one attached hydrogen (secondary N) is 2. The molecule has 0 spiro atoms. The quantitative estimate of drug-likeness (QED) is 0.474. The first kappa shape index (κ1) is 21.3. The van der Waals surface area contributed by atoms with Crippen LogP contribution in [0, 0.1) is 5.82 Å². The number of benzene rings is 3. The maximum atomic E-state index is 14.1. The van der Waals surface area contributed by atoms with Crippen LogP contribution in [0.15, 0.2) is 66.7 Å². The molecule has 4 rings (SSSR count). The standard InChI is InChI=1S/C24H19Cl2FN2O2/c25-16-6-4-14(5-7-16)20-12-22(31)29-24(15-2-1-3-18(27)10-15)23(20)19-9-8-17(26)11-21(19)28-13-30/h1-11,13,20,23-24H,12H2,(H,28,30)(H,29,31)/t20-,23+,24+/m1/s1. The fraction of sp³-hybridized carbons (Fsp3) is 0.167. The van der Waals surface area contributed by atoms with Crippen molar-refractivity contribution in [2.45, 2.75) is 24.3 Å². The maximum absolute atomic E-state index is 14.1. The van der Waals surface area contributed by atoms with Crippen LogP contribution in [0.1, 0.15) is 41.0 Å². The van der Waals surface area contributed by atoms with Gasteiger partial charge in [-0.3, -0.25) is 9.59 Å². The Balaban J connectivity index is 1.90. The van der Waals surface area contributed by atoms with Crippen LogP contribution in [0.3, 0.4) is 0 Å². The summed E-state index contributed by atoms with van der Waals surface area (Å²) in [5.74, 6) is -1.04. The summed E-state index contributed by atoms with van der Waals surface area (Å²) >= 11 is 12.2. The predicted molar refractivity (Wildman–Crippen MR) is 120 cm³/mol. The first-order valence-electron chi connectivity index (χ1n) is 9.76. The highest BCUT2D eigenvalue weighted by atomic mass is 35.5. The van der Waals surface area contributed by atoms with Crippen molar-refractivity contribution in [1.29, 1.82) is 0 Å². The number of carbonyl (C=O) groups is 2.